The summed E-state index contributed by atoms with van der Waals surface area (Å²) in [4.78, 5) is 35.5. The van der Waals surface area contributed by atoms with E-state index in [4.69, 9.17) is 4.74 Å². The first kappa shape index (κ1) is 18.2. The molecule has 2 aromatic rings. The van der Waals surface area contributed by atoms with Crippen molar-refractivity contribution < 1.29 is 19.1 Å². The van der Waals surface area contributed by atoms with Crippen LogP contribution in [0.5, 0.6) is 5.75 Å². The van der Waals surface area contributed by atoms with Gasteiger partial charge in [0.05, 0.1) is 12.2 Å². The maximum absolute atomic E-state index is 12.2. The standard InChI is InChI=1S/C19H20N4O4/c1-11-3-5-14(12(2)7-11)20-9-17(24)22-23-19(26)13-4-6-16-15(8-13)21-18(25)10-27-16/h3-8,20H,9-10H2,1-2H3,(H,21,25)(H,22,24)(H,23,26). The van der Waals surface area contributed by atoms with Crippen LogP contribution in [0.4, 0.5) is 11.4 Å². The van der Waals surface area contributed by atoms with E-state index in [0.29, 0.717) is 11.4 Å². The summed E-state index contributed by atoms with van der Waals surface area (Å²) in [7, 11) is 0. The number of nitrogens with one attached hydrogen (secondary N) is 4. The van der Waals surface area contributed by atoms with E-state index >= 15 is 0 Å². The average molecular weight is 368 g/mol. The second kappa shape index (κ2) is 7.77. The zero-order chi connectivity index (χ0) is 19.4. The van der Waals surface area contributed by atoms with Crippen LogP contribution >= 0.6 is 0 Å². The molecule has 27 heavy (non-hydrogen) atoms. The van der Waals surface area contributed by atoms with Crippen molar-refractivity contribution in [1.29, 1.82) is 0 Å². The van der Waals surface area contributed by atoms with Gasteiger partial charge in [0.25, 0.3) is 17.7 Å². The van der Waals surface area contributed by atoms with E-state index in [1.54, 1.807) is 12.1 Å². The van der Waals surface area contributed by atoms with E-state index in [1.807, 2.05) is 32.0 Å². The number of hydrogen-bond acceptors (Lipinski definition) is 5. The summed E-state index contributed by atoms with van der Waals surface area (Å²) in [6, 6.07) is 10.5. The minimum Gasteiger partial charge on any atom is -0.482 e. The van der Waals surface area contributed by atoms with Crippen molar-refractivity contribution in [3.8, 4) is 5.75 Å². The molecule has 0 spiro atoms. The van der Waals surface area contributed by atoms with Gasteiger partial charge in [-0.3, -0.25) is 25.2 Å². The number of fused-ring (bicyclic) bond motifs is 1. The Bertz CT molecular complexity index is 911. The Morgan fingerprint density at radius 1 is 1.11 bits per heavy atom. The molecule has 8 heteroatoms. The van der Waals surface area contributed by atoms with Crippen LogP contribution in [0.1, 0.15) is 21.5 Å². The molecule has 0 bridgehead atoms. The summed E-state index contributed by atoms with van der Waals surface area (Å²) < 4.78 is 5.24. The highest BCUT2D eigenvalue weighted by Gasteiger charge is 2.18. The molecule has 1 heterocycles. The Balaban J connectivity index is 1.52. The molecule has 0 radical (unpaired) electrons. The van der Waals surface area contributed by atoms with Gasteiger partial charge in [0, 0.05) is 11.3 Å². The molecule has 1 aliphatic heterocycles. The summed E-state index contributed by atoms with van der Waals surface area (Å²) in [5.41, 5.74) is 8.42. The highest BCUT2D eigenvalue weighted by molar-refractivity contribution is 6.00. The number of hydrogen-bond donors (Lipinski definition) is 4. The van der Waals surface area contributed by atoms with Crippen LogP contribution in [0.25, 0.3) is 0 Å². The maximum atomic E-state index is 12.2. The lowest BCUT2D eigenvalue weighted by Crippen LogP contribution is -2.44. The average Bonchev–Trinajstić information content (AvgIpc) is 2.64. The second-order valence-electron chi connectivity index (χ2n) is 6.22. The van der Waals surface area contributed by atoms with Gasteiger partial charge in [-0.25, -0.2) is 0 Å². The van der Waals surface area contributed by atoms with E-state index in [-0.39, 0.29) is 24.6 Å². The molecule has 3 rings (SSSR count). The lowest BCUT2D eigenvalue weighted by Gasteiger charge is -2.18. The Morgan fingerprint density at radius 2 is 1.93 bits per heavy atom. The molecule has 140 valence electrons. The lowest BCUT2D eigenvalue weighted by atomic mass is 10.1. The zero-order valence-electron chi connectivity index (χ0n) is 15.0. The van der Waals surface area contributed by atoms with Crippen molar-refractivity contribution >= 4 is 29.1 Å². The van der Waals surface area contributed by atoms with Crippen molar-refractivity contribution in [2.24, 2.45) is 0 Å². The number of anilines is 2. The molecule has 8 nitrogen and oxygen atoms in total. The summed E-state index contributed by atoms with van der Waals surface area (Å²) in [5.74, 6) is -0.686. The zero-order valence-corrected chi connectivity index (χ0v) is 15.0. The van der Waals surface area contributed by atoms with E-state index in [9.17, 15) is 14.4 Å². The number of aryl methyl sites for hydroxylation is 2. The maximum Gasteiger partial charge on any atom is 0.269 e. The van der Waals surface area contributed by atoms with Gasteiger partial charge < -0.3 is 15.4 Å². The van der Waals surface area contributed by atoms with Gasteiger partial charge in [0.1, 0.15) is 5.75 Å². The third kappa shape index (κ3) is 4.55. The van der Waals surface area contributed by atoms with E-state index in [1.165, 1.54) is 6.07 Å². The summed E-state index contributed by atoms with van der Waals surface area (Å²) >= 11 is 0. The Labute approximate surface area is 156 Å². The molecule has 0 saturated heterocycles. The van der Waals surface area contributed by atoms with Gasteiger partial charge in [0.15, 0.2) is 6.61 Å². The van der Waals surface area contributed by atoms with Crippen molar-refractivity contribution in [3.63, 3.8) is 0 Å². The molecule has 0 aliphatic carbocycles. The molecule has 0 fully saturated rings. The first-order chi connectivity index (χ1) is 12.9. The number of carbonyl (C=O) groups is 3. The minimum atomic E-state index is -0.502. The van der Waals surface area contributed by atoms with Crippen LogP contribution < -0.4 is 26.2 Å². The quantitative estimate of drug-likeness (QED) is 0.612. The highest BCUT2D eigenvalue weighted by atomic mass is 16.5. The van der Waals surface area contributed by atoms with Gasteiger partial charge in [0.2, 0.25) is 0 Å². The minimum absolute atomic E-state index is 0.0122. The molecule has 4 N–H and O–H groups in total. The molecule has 2 aromatic carbocycles. The number of rotatable bonds is 4. The first-order valence-electron chi connectivity index (χ1n) is 8.39. The number of amides is 3. The predicted molar refractivity (Wildman–Crippen MR) is 101 cm³/mol. The highest BCUT2D eigenvalue weighted by Crippen LogP contribution is 2.28. The molecule has 3 amide bonds. The van der Waals surface area contributed by atoms with Crippen molar-refractivity contribution in [3.05, 3.63) is 53.1 Å². The third-order valence-corrected chi connectivity index (χ3v) is 4.01. The normalized spacial score (nSPS) is 12.3. The fourth-order valence-corrected chi connectivity index (χ4v) is 2.65. The molecular formula is C19H20N4O4. The van der Waals surface area contributed by atoms with Gasteiger partial charge >= 0.3 is 0 Å². The van der Waals surface area contributed by atoms with E-state index in [0.717, 1.165) is 16.8 Å². The van der Waals surface area contributed by atoms with Crippen LogP contribution in [-0.4, -0.2) is 30.9 Å². The molecule has 0 aromatic heterocycles. The van der Waals surface area contributed by atoms with Crippen molar-refractivity contribution in [1.82, 2.24) is 10.9 Å². The fourth-order valence-electron chi connectivity index (χ4n) is 2.65. The monoisotopic (exact) mass is 368 g/mol. The first-order valence-corrected chi connectivity index (χ1v) is 8.39. The van der Waals surface area contributed by atoms with Crippen LogP contribution in [0.2, 0.25) is 0 Å². The van der Waals surface area contributed by atoms with E-state index in [2.05, 4.69) is 21.5 Å². The third-order valence-electron chi connectivity index (χ3n) is 4.01. The molecule has 0 saturated carbocycles. The van der Waals surface area contributed by atoms with Gasteiger partial charge in [-0.05, 0) is 43.7 Å². The number of benzene rings is 2. The van der Waals surface area contributed by atoms with Gasteiger partial charge in [-0.2, -0.15) is 0 Å². The Kier molecular flexibility index (Phi) is 5.25. The Hall–Kier alpha value is -3.55. The van der Waals surface area contributed by atoms with Crippen molar-refractivity contribution in [2.45, 2.75) is 13.8 Å². The predicted octanol–water partition coefficient (Wildman–Crippen LogP) is 1.51. The van der Waals surface area contributed by atoms with Crippen LogP contribution in [0.3, 0.4) is 0 Å². The molecular weight excluding hydrogens is 348 g/mol. The molecule has 0 atom stereocenters. The van der Waals surface area contributed by atoms with Gasteiger partial charge in [-0.15, -0.1) is 0 Å². The number of carbonyl (C=O) groups excluding carboxylic acids is 3. The number of hydrazine groups is 1. The van der Waals surface area contributed by atoms with Crippen LogP contribution in [-0.2, 0) is 9.59 Å². The van der Waals surface area contributed by atoms with E-state index < -0.39 is 11.8 Å². The summed E-state index contributed by atoms with van der Waals surface area (Å²) in [6.07, 6.45) is 0. The second-order valence-corrected chi connectivity index (χ2v) is 6.22. The topological polar surface area (TPSA) is 109 Å². The largest absolute Gasteiger partial charge is 0.482 e. The summed E-state index contributed by atoms with van der Waals surface area (Å²) in [6.45, 7) is 3.91. The van der Waals surface area contributed by atoms with Gasteiger partial charge in [-0.1, -0.05) is 17.7 Å². The van der Waals surface area contributed by atoms with Crippen LogP contribution in [0, 0.1) is 13.8 Å². The number of ether oxygens (including phenoxy) is 1. The molecule has 0 unspecified atom stereocenters. The lowest BCUT2D eigenvalue weighted by molar-refractivity contribution is -0.120. The van der Waals surface area contributed by atoms with Crippen molar-refractivity contribution in [2.75, 3.05) is 23.8 Å². The Morgan fingerprint density at radius 3 is 2.70 bits per heavy atom. The summed E-state index contributed by atoms with van der Waals surface area (Å²) in [5, 5.41) is 5.65. The smallest absolute Gasteiger partial charge is 0.269 e. The fraction of sp³-hybridized carbons (Fsp3) is 0.211. The SMILES string of the molecule is Cc1ccc(NCC(=O)NNC(=O)c2ccc3c(c2)NC(=O)CO3)c(C)c1. The molecule has 1 aliphatic rings. The van der Waals surface area contributed by atoms with Crippen LogP contribution in [0.15, 0.2) is 36.4 Å².